The second-order valence-corrected chi connectivity index (χ2v) is 8.70. The van der Waals surface area contributed by atoms with E-state index < -0.39 is 0 Å². The van der Waals surface area contributed by atoms with Gasteiger partial charge in [0.15, 0.2) is 5.65 Å². The predicted octanol–water partition coefficient (Wildman–Crippen LogP) is 3.06. The third-order valence-electron chi connectivity index (χ3n) is 6.77. The van der Waals surface area contributed by atoms with Crippen molar-refractivity contribution in [2.45, 2.75) is 70.6 Å². The number of likely N-dealkylation sites (tertiary alicyclic amines) is 1. The summed E-state index contributed by atoms with van der Waals surface area (Å²) in [7, 11) is 0. The lowest BCUT2D eigenvalue weighted by Gasteiger charge is -2.32. The van der Waals surface area contributed by atoms with Gasteiger partial charge in [-0.05, 0) is 38.7 Å². The molecule has 0 aromatic carbocycles. The van der Waals surface area contributed by atoms with Crippen LogP contribution >= 0.6 is 0 Å². The van der Waals surface area contributed by atoms with Crippen LogP contribution in [0.1, 0.15) is 57.9 Å². The summed E-state index contributed by atoms with van der Waals surface area (Å²) in [4.78, 5) is 24.4. The van der Waals surface area contributed by atoms with Gasteiger partial charge in [0, 0.05) is 44.4 Å². The number of rotatable bonds is 4. The van der Waals surface area contributed by atoms with Gasteiger partial charge in [-0.15, -0.1) is 0 Å². The topological polar surface area (TPSA) is 84.3 Å². The Labute approximate surface area is 176 Å². The Hall–Kier alpha value is -2.61. The maximum Gasteiger partial charge on any atom is 0.219 e. The van der Waals surface area contributed by atoms with E-state index in [0.29, 0.717) is 6.04 Å². The molecule has 30 heavy (non-hydrogen) atoms. The zero-order chi connectivity index (χ0) is 20.7. The first kappa shape index (κ1) is 19.4. The van der Waals surface area contributed by atoms with E-state index in [4.69, 9.17) is 9.82 Å². The molecule has 2 aromatic rings. The van der Waals surface area contributed by atoms with Crippen LogP contribution in [0.2, 0.25) is 0 Å². The molecule has 1 amide bonds. The molecule has 8 heteroatoms. The predicted molar refractivity (Wildman–Crippen MR) is 115 cm³/mol. The molecule has 2 fully saturated rings. The summed E-state index contributed by atoms with van der Waals surface area (Å²) in [6, 6.07) is 0.304. The molecule has 0 radical (unpaired) electrons. The highest BCUT2D eigenvalue weighted by Crippen LogP contribution is 2.41. The van der Waals surface area contributed by atoms with E-state index in [-0.39, 0.29) is 11.5 Å². The van der Waals surface area contributed by atoms with E-state index in [9.17, 15) is 4.79 Å². The number of nitrogens with zero attached hydrogens (tertiary/aromatic N) is 4. The first-order valence-corrected chi connectivity index (χ1v) is 11.1. The van der Waals surface area contributed by atoms with Crippen LogP contribution in [0.15, 0.2) is 18.5 Å². The van der Waals surface area contributed by atoms with E-state index in [1.54, 1.807) is 6.92 Å². The normalized spacial score (nSPS) is 21.3. The fourth-order valence-corrected chi connectivity index (χ4v) is 4.99. The van der Waals surface area contributed by atoms with E-state index in [2.05, 4.69) is 28.9 Å². The lowest BCUT2D eigenvalue weighted by molar-refractivity contribution is -0.129. The molecule has 1 saturated carbocycles. The molecule has 2 aromatic heterocycles. The number of carbonyl (C=O) groups is 1. The molecule has 2 N–H and O–H groups in total. The lowest BCUT2D eigenvalue weighted by Crippen LogP contribution is -2.41. The maximum absolute atomic E-state index is 11.7. The van der Waals surface area contributed by atoms with Gasteiger partial charge in [0.2, 0.25) is 5.91 Å². The molecule has 2 aliphatic heterocycles. The van der Waals surface area contributed by atoms with Gasteiger partial charge >= 0.3 is 0 Å². The van der Waals surface area contributed by atoms with Gasteiger partial charge in [-0.25, -0.2) is 9.67 Å². The van der Waals surface area contributed by atoms with E-state index in [0.717, 1.165) is 73.3 Å². The molecule has 0 atom stereocenters. The van der Waals surface area contributed by atoms with Crippen LogP contribution in [0.3, 0.4) is 0 Å². The van der Waals surface area contributed by atoms with Gasteiger partial charge in [-0.1, -0.05) is 12.8 Å². The third kappa shape index (κ3) is 3.33. The first-order valence-electron chi connectivity index (χ1n) is 11.1. The fourth-order valence-electron chi connectivity index (χ4n) is 4.99. The number of piperidine rings is 1. The Balaban J connectivity index is 1.49. The molecule has 8 nitrogen and oxygen atoms in total. The standard InChI is InChI=1S/C22H30N6O2/c1-3-28-21-18(14-24-28)20(25-16-6-10-27(11-7-16)15(2)29)17(13-23-21)19-12-22(30-26-19)8-4-5-9-22/h12-14,16,26H,3-11H2,1-2H3,(H,23,25). The van der Waals surface area contributed by atoms with Crippen molar-refractivity contribution in [3.8, 4) is 0 Å². The molecule has 5 rings (SSSR count). The van der Waals surface area contributed by atoms with Gasteiger partial charge in [0.1, 0.15) is 5.60 Å². The Bertz CT molecular complexity index is 983. The van der Waals surface area contributed by atoms with Crippen LogP contribution in [0.5, 0.6) is 0 Å². The summed E-state index contributed by atoms with van der Waals surface area (Å²) in [6.45, 7) is 6.08. The number of carbonyl (C=O) groups excluding carboxylic acids is 1. The summed E-state index contributed by atoms with van der Waals surface area (Å²) in [5.41, 5.74) is 6.97. The number of hydroxylamine groups is 1. The summed E-state index contributed by atoms with van der Waals surface area (Å²) in [5, 5.41) is 9.34. The van der Waals surface area contributed by atoms with Gasteiger partial charge in [0.25, 0.3) is 0 Å². The molecule has 1 spiro atoms. The second-order valence-electron chi connectivity index (χ2n) is 8.70. The number of amides is 1. The quantitative estimate of drug-likeness (QED) is 0.806. The molecule has 1 aliphatic carbocycles. The van der Waals surface area contributed by atoms with Crippen LogP contribution in [0.4, 0.5) is 5.69 Å². The van der Waals surface area contributed by atoms with Crippen LogP contribution in [-0.4, -0.2) is 50.3 Å². The van der Waals surface area contributed by atoms with Gasteiger partial charge in [0.05, 0.1) is 23.0 Å². The Morgan fingerprint density at radius 3 is 2.77 bits per heavy atom. The van der Waals surface area contributed by atoms with Crippen molar-refractivity contribution in [1.82, 2.24) is 25.1 Å². The number of hydrogen-bond acceptors (Lipinski definition) is 6. The Morgan fingerprint density at radius 1 is 1.30 bits per heavy atom. The lowest BCUT2D eigenvalue weighted by atomic mass is 9.98. The van der Waals surface area contributed by atoms with Gasteiger partial charge < -0.3 is 10.2 Å². The average Bonchev–Trinajstić information content (AvgIpc) is 3.49. The summed E-state index contributed by atoms with van der Waals surface area (Å²) >= 11 is 0. The maximum atomic E-state index is 11.7. The monoisotopic (exact) mass is 410 g/mol. The third-order valence-corrected chi connectivity index (χ3v) is 6.77. The number of nitrogens with one attached hydrogen (secondary N) is 2. The number of anilines is 1. The van der Waals surface area contributed by atoms with Crippen molar-refractivity contribution in [1.29, 1.82) is 0 Å². The minimum atomic E-state index is -0.179. The van der Waals surface area contributed by atoms with E-state index in [1.807, 2.05) is 22.0 Å². The SMILES string of the molecule is CCn1ncc2c(NC3CCN(C(C)=O)CC3)c(C3=CC4(CCCC4)ON3)cnc21. The smallest absolute Gasteiger partial charge is 0.219 e. The highest BCUT2D eigenvalue weighted by Gasteiger charge is 2.39. The number of pyridine rings is 1. The number of aryl methyl sites for hydroxylation is 1. The van der Waals surface area contributed by atoms with Crippen molar-refractivity contribution >= 4 is 28.3 Å². The molecular formula is C22H30N6O2. The zero-order valence-corrected chi connectivity index (χ0v) is 17.8. The molecule has 160 valence electrons. The molecule has 0 unspecified atom stereocenters. The number of aromatic nitrogens is 3. The van der Waals surface area contributed by atoms with Gasteiger partial charge in [-0.3, -0.25) is 15.1 Å². The summed E-state index contributed by atoms with van der Waals surface area (Å²) in [6.07, 6.45) is 12.4. The second kappa shape index (κ2) is 7.58. The Morgan fingerprint density at radius 2 is 2.07 bits per heavy atom. The van der Waals surface area contributed by atoms with Gasteiger partial charge in [-0.2, -0.15) is 5.10 Å². The minimum absolute atomic E-state index is 0.156. The largest absolute Gasteiger partial charge is 0.381 e. The highest BCUT2D eigenvalue weighted by molar-refractivity contribution is 5.95. The van der Waals surface area contributed by atoms with Crippen LogP contribution in [0.25, 0.3) is 16.7 Å². The Kier molecular flexibility index (Phi) is 4.89. The molecule has 4 heterocycles. The van der Waals surface area contributed by atoms with Crippen LogP contribution in [0, 0.1) is 0 Å². The highest BCUT2D eigenvalue weighted by atomic mass is 16.7. The van der Waals surface area contributed by atoms with Crippen molar-refractivity contribution in [2.24, 2.45) is 0 Å². The number of hydrogen-bond donors (Lipinski definition) is 2. The number of fused-ring (bicyclic) bond motifs is 1. The van der Waals surface area contributed by atoms with Crippen molar-refractivity contribution < 1.29 is 9.63 Å². The van der Waals surface area contributed by atoms with Crippen molar-refractivity contribution in [2.75, 3.05) is 18.4 Å². The van der Waals surface area contributed by atoms with Crippen LogP contribution in [-0.2, 0) is 16.2 Å². The van der Waals surface area contributed by atoms with Crippen molar-refractivity contribution in [3.05, 3.63) is 24.0 Å². The average molecular weight is 411 g/mol. The van der Waals surface area contributed by atoms with Crippen LogP contribution < -0.4 is 10.8 Å². The molecular weight excluding hydrogens is 380 g/mol. The molecule has 0 bridgehead atoms. The summed E-state index contributed by atoms with van der Waals surface area (Å²) in [5.74, 6) is 0.156. The zero-order valence-electron chi connectivity index (χ0n) is 17.8. The van der Waals surface area contributed by atoms with E-state index in [1.165, 1.54) is 12.8 Å². The first-order chi connectivity index (χ1) is 14.6. The van der Waals surface area contributed by atoms with Crippen molar-refractivity contribution in [3.63, 3.8) is 0 Å². The fraction of sp³-hybridized carbons (Fsp3) is 0.591. The summed E-state index contributed by atoms with van der Waals surface area (Å²) < 4.78 is 1.92. The molecule has 3 aliphatic rings. The molecule has 1 saturated heterocycles. The minimum Gasteiger partial charge on any atom is -0.381 e. The van der Waals surface area contributed by atoms with E-state index >= 15 is 0 Å².